The lowest BCUT2D eigenvalue weighted by Gasteiger charge is -2.38. The summed E-state index contributed by atoms with van der Waals surface area (Å²) in [6.07, 6.45) is 1.10. The van der Waals surface area contributed by atoms with E-state index in [4.69, 9.17) is 10.2 Å². The van der Waals surface area contributed by atoms with Crippen molar-refractivity contribution in [1.29, 1.82) is 0 Å². The van der Waals surface area contributed by atoms with Gasteiger partial charge in [0.1, 0.15) is 0 Å². The lowest BCUT2D eigenvalue weighted by molar-refractivity contribution is 0.112. The fourth-order valence-corrected chi connectivity index (χ4v) is 2.23. The molecule has 90 valence electrons. The molecule has 1 heterocycles. The van der Waals surface area contributed by atoms with Gasteiger partial charge in [0.05, 0.1) is 19.3 Å². The van der Waals surface area contributed by atoms with Crippen LogP contribution in [0.3, 0.4) is 0 Å². The van der Waals surface area contributed by atoms with Crippen molar-refractivity contribution in [3.05, 3.63) is 0 Å². The number of nitrogens with zero attached hydrogens (tertiary/aromatic N) is 1. The lowest BCUT2D eigenvalue weighted by Crippen LogP contribution is -2.52. The molecule has 0 aliphatic carbocycles. The molecule has 0 bridgehead atoms. The molecule has 0 saturated carbocycles. The number of hydrogen-bond donors (Lipinski definition) is 3. The van der Waals surface area contributed by atoms with Crippen LogP contribution in [-0.2, 0) is 0 Å². The lowest BCUT2D eigenvalue weighted by atomic mass is 9.93. The van der Waals surface area contributed by atoms with Gasteiger partial charge in [-0.15, -0.1) is 0 Å². The van der Waals surface area contributed by atoms with Crippen molar-refractivity contribution in [2.24, 2.45) is 5.92 Å². The van der Waals surface area contributed by atoms with Gasteiger partial charge in [-0.1, -0.05) is 13.8 Å². The molecule has 15 heavy (non-hydrogen) atoms. The van der Waals surface area contributed by atoms with Crippen LogP contribution in [-0.4, -0.2) is 60.0 Å². The number of piperidine rings is 1. The van der Waals surface area contributed by atoms with Gasteiger partial charge in [-0.2, -0.15) is 0 Å². The van der Waals surface area contributed by atoms with Crippen LogP contribution in [0, 0.1) is 5.92 Å². The van der Waals surface area contributed by atoms with E-state index in [0.717, 1.165) is 26.1 Å². The molecular formula is C11H24N2O2. The topological polar surface area (TPSA) is 55.7 Å². The highest BCUT2D eigenvalue weighted by Gasteiger charge is 2.26. The zero-order valence-electron chi connectivity index (χ0n) is 9.82. The number of nitrogens with one attached hydrogen (secondary N) is 1. The van der Waals surface area contributed by atoms with Crippen LogP contribution in [0.25, 0.3) is 0 Å². The second kappa shape index (κ2) is 6.43. The van der Waals surface area contributed by atoms with E-state index in [2.05, 4.69) is 24.1 Å². The Kier molecular flexibility index (Phi) is 5.53. The second-order valence-corrected chi connectivity index (χ2v) is 4.49. The molecule has 1 rings (SSSR count). The van der Waals surface area contributed by atoms with Crippen molar-refractivity contribution in [1.82, 2.24) is 10.2 Å². The van der Waals surface area contributed by atoms with E-state index in [1.54, 1.807) is 0 Å². The van der Waals surface area contributed by atoms with E-state index in [1.807, 2.05) is 0 Å². The Labute approximate surface area is 92.3 Å². The maximum Gasteiger partial charge on any atom is 0.0607 e. The quantitative estimate of drug-likeness (QED) is 0.588. The number of hydrogen-bond acceptors (Lipinski definition) is 4. The van der Waals surface area contributed by atoms with E-state index in [0.29, 0.717) is 12.0 Å². The minimum Gasteiger partial charge on any atom is -0.395 e. The van der Waals surface area contributed by atoms with E-state index in [-0.39, 0.29) is 19.3 Å². The summed E-state index contributed by atoms with van der Waals surface area (Å²) in [4.78, 5) is 2.44. The molecule has 0 amide bonds. The first-order chi connectivity index (χ1) is 7.21. The van der Waals surface area contributed by atoms with Crippen LogP contribution >= 0.6 is 0 Å². The molecule has 1 fully saturated rings. The third-order valence-electron chi connectivity index (χ3n) is 3.33. The van der Waals surface area contributed by atoms with Gasteiger partial charge < -0.3 is 20.4 Å². The molecule has 4 heteroatoms. The van der Waals surface area contributed by atoms with Crippen LogP contribution in [0.4, 0.5) is 0 Å². The van der Waals surface area contributed by atoms with Crippen molar-refractivity contribution < 1.29 is 10.2 Å². The van der Waals surface area contributed by atoms with Gasteiger partial charge >= 0.3 is 0 Å². The van der Waals surface area contributed by atoms with Crippen molar-refractivity contribution in [3.63, 3.8) is 0 Å². The summed E-state index contributed by atoms with van der Waals surface area (Å²) in [5, 5.41) is 21.3. The maximum atomic E-state index is 9.01. The van der Waals surface area contributed by atoms with Gasteiger partial charge in [-0.3, -0.25) is 0 Å². The first kappa shape index (κ1) is 12.9. The zero-order valence-corrected chi connectivity index (χ0v) is 9.82. The average Bonchev–Trinajstić information content (AvgIpc) is 2.27. The molecule has 1 aliphatic rings. The van der Waals surface area contributed by atoms with Crippen LogP contribution in [0.5, 0.6) is 0 Å². The van der Waals surface area contributed by atoms with Gasteiger partial charge in [0.25, 0.3) is 0 Å². The predicted molar refractivity (Wildman–Crippen MR) is 60.8 cm³/mol. The molecule has 0 aromatic rings. The van der Waals surface area contributed by atoms with Crippen molar-refractivity contribution in [2.45, 2.75) is 32.4 Å². The largest absolute Gasteiger partial charge is 0.395 e. The number of rotatable bonds is 5. The third-order valence-corrected chi connectivity index (χ3v) is 3.33. The molecule has 2 atom stereocenters. The van der Waals surface area contributed by atoms with E-state index < -0.39 is 0 Å². The Morgan fingerprint density at radius 1 is 1.40 bits per heavy atom. The molecule has 1 aliphatic heterocycles. The summed E-state index contributed by atoms with van der Waals surface area (Å²) in [7, 11) is 0. The normalized spacial score (nSPS) is 28.6. The summed E-state index contributed by atoms with van der Waals surface area (Å²) < 4.78 is 0. The van der Waals surface area contributed by atoms with Crippen LogP contribution in [0.1, 0.15) is 20.3 Å². The summed E-state index contributed by atoms with van der Waals surface area (Å²) >= 11 is 0. The Morgan fingerprint density at radius 3 is 2.53 bits per heavy atom. The third kappa shape index (κ3) is 3.72. The molecule has 0 aromatic heterocycles. The number of aliphatic hydroxyl groups excluding tert-OH is 2. The van der Waals surface area contributed by atoms with E-state index in [9.17, 15) is 0 Å². The monoisotopic (exact) mass is 216 g/mol. The van der Waals surface area contributed by atoms with Gasteiger partial charge in [0.2, 0.25) is 0 Å². The van der Waals surface area contributed by atoms with Crippen LogP contribution < -0.4 is 5.32 Å². The van der Waals surface area contributed by atoms with Crippen molar-refractivity contribution >= 4 is 0 Å². The molecule has 3 N–H and O–H groups in total. The Hall–Kier alpha value is -0.160. The standard InChI is InChI=1S/C11H24N2O2/c1-3-13-5-4-11(9(2)6-13)12-10(7-14)8-15/h9-12,14-15H,3-8H2,1-2H3. The fraction of sp³-hybridized carbons (Fsp3) is 1.00. The van der Waals surface area contributed by atoms with Gasteiger partial charge in [0.15, 0.2) is 0 Å². The summed E-state index contributed by atoms with van der Waals surface area (Å²) in [5.41, 5.74) is 0. The first-order valence-electron chi connectivity index (χ1n) is 5.91. The summed E-state index contributed by atoms with van der Waals surface area (Å²) in [5.74, 6) is 0.583. The highest BCUT2D eigenvalue weighted by Crippen LogP contribution is 2.16. The minimum absolute atomic E-state index is 0.0111. The molecule has 4 nitrogen and oxygen atoms in total. The molecule has 1 saturated heterocycles. The Morgan fingerprint density at radius 2 is 2.07 bits per heavy atom. The van der Waals surface area contributed by atoms with E-state index in [1.165, 1.54) is 0 Å². The molecule has 0 aromatic carbocycles. The highest BCUT2D eigenvalue weighted by molar-refractivity contribution is 4.84. The maximum absolute atomic E-state index is 9.01. The number of likely N-dealkylation sites (tertiary alicyclic amines) is 1. The fourth-order valence-electron chi connectivity index (χ4n) is 2.23. The predicted octanol–water partition coefficient (Wildman–Crippen LogP) is -0.340. The molecule has 0 radical (unpaired) electrons. The SMILES string of the molecule is CCN1CCC(NC(CO)CO)C(C)C1. The Balaban J connectivity index is 2.37. The molecule has 2 unspecified atom stereocenters. The van der Waals surface area contributed by atoms with E-state index >= 15 is 0 Å². The summed E-state index contributed by atoms with van der Waals surface area (Å²) in [6.45, 7) is 7.77. The van der Waals surface area contributed by atoms with Gasteiger partial charge in [-0.05, 0) is 25.4 Å². The van der Waals surface area contributed by atoms with Crippen molar-refractivity contribution in [3.8, 4) is 0 Å². The molecular weight excluding hydrogens is 192 g/mol. The minimum atomic E-state index is -0.161. The first-order valence-corrected chi connectivity index (χ1v) is 5.91. The second-order valence-electron chi connectivity index (χ2n) is 4.49. The zero-order chi connectivity index (χ0) is 11.3. The average molecular weight is 216 g/mol. The smallest absolute Gasteiger partial charge is 0.0607 e. The van der Waals surface area contributed by atoms with Gasteiger partial charge in [0, 0.05) is 12.6 Å². The van der Waals surface area contributed by atoms with Crippen molar-refractivity contribution in [2.75, 3.05) is 32.8 Å². The molecule has 0 spiro atoms. The van der Waals surface area contributed by atoms with Crippen LogP contribution in [0.15, 0.2) is 0 Å². The Bertz CT molecular complexity index is 174. The van der Waals surface area contributed by atoms with Crippen LogP contribution in [0.2, 0.25) is 0 Å². The van der Waals surface area contributed by atoms with Gasteiger partial charge in [-0.25, -0.2) is 0 Å². The highest BCUT2D eigenvalue weighted by atomic mass is 16.3. The summed E-state index contributed by atoms with van der Waals surface area (Å²) in [6, 6.07) is 0.266. The number of aliphatic hydroxyl groups is 2.